The summed E-state index contributed by atoms with van der Waals surface area (Å²) in [5.74, 6) is -0.804. The van der Waals surface area contributed by atoms with Gasteiger partial charge in [0.15, 0.2) is 0 Å². The molecule has 0 amide bonds. The molecule has 0 unspecified atom stereocenters. The zero-order valence-corrected chi connectivity index (χ0v) is 84.3. The van der Waals surface area contributed by atoms with Crippen LogP contribution in [0.25, 0.3) is 176 Å². The second-order valence-electron chi connectivity index (χ2n) is 31.3. The molecule has 138 heavy (non-hydrogen) atoms. The summed E-state index contributed by atoms with van der Waals surface area (Å²) in [7, 11) is 0. The second kappa shape index (κ2) is 50.1. The number of benzene rings is 16. The number of pyridine rings is 8. The number of fused-ring (bicyclic) bond motifs is 12. The first-order valence-electron chi connectivity index (χ1n) is 43.6. The van der Waals surface area contributed by atoms with Crippen molar-refractivity contribution in [3.63, 3.8) is 0 Å². The topological polar surface area (TPSA) is 103 Å². The van der Waals surface area contributed by atoms with Crippen LogP contribution in [0.1, 0.15) is 16.7 Å². The van der Waals surface area contributed by atoms with Crippen LogP contribution in [0.15, 0.2) is 450 Å². The summed E-state index contributed by atoms with van der Waals surface area (Å²) in [5.41, 5.74) is 17.9. The van der Waals surface area contributed by atoms with Gasteiger partial charge in [0, 0.05) is 147 Å². The number of hydrogen-bond donors (Lipinski definition) is 0. The molecular formula is C123H83F3Ir4N8-8. The average molecular weight is 2500 g/mol. The molecule has 24 aromatic rings. The molecular weight excluding hydrogens is 2420 g/mol. The molecule has 24 rings (SSSR count). The summed E-state index contributed by atoms with van der Waals surface area (Å²) in [6, 6.07) is 155. The number of rotatable bonds is 8. The van der Waals surface area contributed by atoms with Crippen molar-refractivity contribution in [3.05, 3.63) is 533 Å². The fraction of sp³-hybridized carbons (Fsp3) is 0.0244. The molecule has 4 radical (unpaired) electrons. The van der Waals surface area contributed by atoms with E-state index in [1.165, 1.54) is 101 Å². The Morgan fingerprint density at radius 1 is 0.188 bits per heavy atom. The molecule has 0 atom stereocenters. The van der Waals surface area contributed by atoms with Crippen LogP contribution >= 0.6 is 0 Å². The molecule has 0 saturated carbocycles. The first-order valence-corrected chi connectivity index (χ1v) is 43.6. The standard InChI is InChI=1S/C20H13FN.C19H11FN.2C19H12N.C12H9FN.C12H10N.2C11H8N.4Ir/c1-13-10-15(8-9-19(13)21)20-11-18-16(12-22-20)7-6-14-4-2-3-5-17(14)18;20-16-9-7-14(8-10-16)19-11-18-15(12-21-19)6-5-13-3-1-2-4-17(13)18;2*1-2-7-15(8-3-1)19-12-18-16(13-20-19)11-10-14-6-4-5-9-17(14)18;1-9-6-7-14-12(8-9)10-2-4-11(13)5-3-10;1-10-5-7-11(8-6-10)12-4-2-3-9-13-12;2*1-2-6-10(7-3-1)11-8-4-5-9-12-11;;;;/h2-7,9-12H,1H3;1-7,9-12H;2*1-7,9-13H;2,4-8H,1H3;2-7,9H,1H3;2*1-6,8-9H;;;;/q8*-1;;;;. The van der Waals surface area contributed by atoms with Gasteiger partial charge in [0.1, 0.15) is 0 Å². The third-order valence-electron chi connectivity index (χ3n) is 22.1. The Hall–Kier alpha value is -14.8. The molecule has 0 aliphatic carbocycles. The predicted molar refractivity (Wildman–Crippen MR) is 542 cm³/mol. The third kappa shape index (κ3) is 26.3. The van der Waals surface area contributed by atoms with E-state index < -0.39 is 0 Å². The van der Waals surface area contributed by atoms with E-state index in [4.69, 9.17) is 0 Å². The SMILES string of the molecule is Cc1c[c-]c(-c2ccccn2)cc1.Cc1cc(-c2cc3c(ccc4ccccc43)cn2)[c-]cc1F.Cc1ccnc(-c2[c-]cc(F)cc2)c1.Fc1c[c-]c(-c2cc3c(ccc4ccccc43)cn2)cc1.[Ir].[Ir].[Ir].[Ir].[c-]1ccccc1-c1cc2c(ccc3ccccc32)cn1.[c-]1ccccc1-c1cc2c(ccc3ccccc32)cn1.[c-]1ccccc1-c1ccccn1.[c-]1ccccc1-c1ccccn1. The average Bonchev–Trinajstić information content (AvgIpc) is 0.793. The minimum absolute atomic E-state index is 0. The van der Waals surface area contributed by atoms with E-state index in [9.17, 15) is 13.2 Å². The number of nitrogens with zero attached hydrogens (tertiary/aromatic N) is 8. The van der Waals surface area contributed by atoms with Crippen LogP contribution in [-0.2, 0) is 80.4 Å². The largest absolute Gasteiger partial charge is 0.305 e. The van der Waals surface area contributed by atoms with Crippen LogP contribution in [-0.4, -0.2) is 39.9 Å². The molecule has 0 fully saturated rings. The Labute approximate surface area is 855 Å². The quantitative estimate of drug-likeness (QED) is 0.109. The van der Waals surface area contributed by atoms with Gasteiger partial charge < -0.3 is 39.9 Å². The van der Waals surface area contributed by atoms with Gasteiger partial charge in [0.25, 0.3) is 0 Å². The Bertz CT molecular complexity index is 7740. The molecule has 8 nitrogen and oxygen atoms in total. The van der Waals surface area contributed by atoms with Crippen LogP contribution < -0.4 is 0 Å². The van der Waals surface area contributed by atoms with Crippen LogP contribution in [0.3, 0.4) is 0 Å². The van der Waals surface area contributed by atoms with Crippen molar-refractivity contribution in [1.82, 2.24) is 39.9 Å². The zero-order chi connectivity index (χ0) is 91.6. The maximum absolute atomic E-state index is 13.4. The predicted octanol–water partition coefficient (Wildman–Crippen LogP) is 30.9. The van der Waals surface area contributed by atoms with Gasteiger partial charge in [-0.1, -0.05) is 237 Å². The number of halogens is 3. The molecule has 0 saturated heterocycles. The minimum Gasteiger partial charge on any atom is -0.305 e. The van der Waals surface area contributed by atoms with Crippen molar-refractivity contribution in [3.8, 4) is 90.1 Å². The van der Waals surface area contributed by atoms with E-state index in [0.717, 1.165) is 117 Å². The van der Waals surface area contributed by atoms with Crippen LogP contribution in [0.5, 0.6) is 0 Å². The van der Waals surface area contributed by atoms with Gasteiger partial charge in [0.05, 0.1) is 0 Å². The molecule has 0 N–H and O–H groups in total. The first-order chi connectivity index (χ1) is 65.9. The number of hydrogen-bond acceptors (Lipinski definition) is 8. The van der Waals surface area contributed by atoms with Gasteiger partial charge in [-0.25, -0.2) is 0 Å². The molecule has 0 aliphatic heterocycles. The van der Waals surface area contributed by atoms with Gasteiger partial charge in [-0.2, -0.15) is 0 Å². The summed E-state index contributed by atoms with van der Waals surface area (Å²) in [5, 5.41) is 19.2. The Kier molecular flexibility index (Phi) is 36.6. The molecule has 0 spiro atoms. The van der Waals surface area contributed by atoms with E-state index in [1.807, 2.05) is 238 Å². The minimum atomic E-state index is -0.287. The van der Waals surface area contributed by atoms with E-state index >= 15 is 0 Å². The van der Waals surface area contributed by atoms with E-state index in [1.54, 1.807) is 49.9 Å². The Morgan fingerprint density at radius 3 is 0.775 bits per heavy atom. The summed E-state index contributed by atoms with van der Waals surface area (Å²) in [6.07, 6.45) is 14.7. The van der Waals surface area contributed by atoms with Crippen LogP contribution in [0, 0.1) is 86.8 Å². The maximum Gasteiger partial charge on any atom is 0.0408 e. The summed E-state index contributed by atoms with van der Waals surface area (Å²) in [6.45, 7) is 5.80. The number of aryl methyl sites for hydroxylation is 3. The third-order valence-corrected chi connectivity index (χ3v) is 22.1. The molecule has 8 heterocycles. The van der Waals surface area contributed by atoms with Gasteiger partial charge in [-0.05, 0) is 163 Å². The van der Waals surface area contributed by atoms with E-state index in [-0.39, 0.29) is 97.9 Å². The van der Waals surface area contributed by atoms with Crippen molar-refractivity contribution >= 4 is 86.2 Å². The van der Waals surface area contributed by atoms with E-state index in [2.05, 4.69) is 241 Å². The van der Waals surface area contributed by atoms with Gasteiger partial charge in [-0.15, -0.1) is 262 Å². The number of aromatic nitrogens is 8. The summed E-state index contributed by atoms with van der Waals surface area (Å²) in [4.78, 5) is 34.9. The molecule has 8 aromatic heterocycles. The van der Waals surface area contributed by atoms with E-state index in [0.29, 0.717) is 5.56 Å². The smallest absolute Gasteiger partial charge is 0.0408 e. The first kappa shape index (κ1) is 101. The zero-order valence-electron chi connectivity index (χ0n) is 74.8. The normalized spacial score (nSPS) is 10.3. The van der Waals surface area contributed by atoms with Gasteiger partial charge in [0.2, 0.25) is 0 Å². The van der Waals surface area contributed by atoms with Crippen molar-refractivity contribution in [1.29, 1.82) is 0 Å². The molecule has 680 valence electrons. The van der Waals surface area contributed by atoms with Gasteiger partial charge >= 0.3 is 0 Å². The monoisotopic (exact) mass is 2500 g/mol. The van der Waals surface area contributed by atoms with Crippen molar-refractivity contribution < 1.29 is 93.6 Å². The summed E-state index contributed by atoms with van der Waals surface area (Å²) >= 11 is 0. The Morgan fingerprint density at radius 2 is 0.471 bits per heavy atom. The summed E-state index contributed by atoms with van der Waals surface area (Å²) < 4.78 is 39.1. The molecule has 0 aliphatic rings. The van der Waals surface area contributed by atoms with Gasteiger partial charge in [-0.3, -0.25) is 13.2 Å². The fourth-order valence-electron chi connectivity index (χ4n) is 15.2. The molecule has 0 bridgehead atoms. The maximum atomic E-state index is 13.4. The van der Waals surface area contributed by atoms with Crippen molar-refractivity contribution in [2.75, 3.05) is 0 Å². The Balaban J connectivity index is 0.000000134. The van der Waals surface area contributed by atoms with Crippen molar-refractivity contribution in [2.45, 2.75) is 20.8 Å². The molecule has 15 heteroatoms. The second-order valence-corrected chi connectivity index (χ2v) is 31.3. The molecule has 16 aromatic carbocycles. The fourth-order valence-corrected chi connectivity index (χ4v) is 15.2. The van der Waals surface area contributed by atoms with Crippen molar-refractivity contribution in [2.24, 2.45) is 0 Å². The van der Waals surface area contributed by atoms with Crippen LogP contribution in [0.4, 0.5) is 13.2 Å². The van der Waals surface area contributed by atoms with Crippen LogP contribution in [0.2, 0.25) is 0 Å².